The van der Waals surface area contributed by atoms with Crippen LogP contribution in [0.4, 0.5) is 5.69 Å². The minimum Gasteiger partial charge on any atom is -0.493 e. The maximum absolute atomic E-state index is 14.2. The summed E-state index contributed by atoms with van der Waals surface area (Å²) in [4.78, 5) is 28.8. The average molecular weight is 651 g/mol. The second-order valence-corrected chi connectivity index (χ2v) is 12.5. The van der Waals surface area contributed by atoms with E-state index in [9.17, 15) is 18.0 Å². The van der Waals surface area contributed by atoms with Crippen LogP contribution < -0.4 is 19.1 Å². The normalized spacial score (nSPS) is 11.9. The Hall–Kier alpha value is -3.47. The number of amides is 2. The van der Waals surface area contributed by atoms with Crippen molar-refractivity contribution in [3.8, 4) is 11.5 Å². The third-order valence-corrected chi connectivity index (χ3v) is 9.36. The molecule has 0 fully saturated rings. The van der Waals surface area contributed by atoms with Gasteiger partial charge in [0, 0.05) is 34.8 Å². The van der Waals surface area contributed by atoms with E-state index in [1.165, 1.54) is 43.4 Å². The second kappa shape index (κ2) is 15.3. The fourth-order valence-corrected chi connectivity index (χ4v) is 6.41. The van der Waals surface area contributed by atoms with Gasteiger partial charge in [-0.1, -0.05) is 60.8 Å². The van der Waals surface area contributed by atoms with Gasteiger partial charge < -0.3 is 19.7 Å². The molecule has 0 saturated heterocycles. The first-order valence-electron chi connectivity index (χ1n) is 13.8. The molecule has 0 bridgehead atoms. The Bertz CT molecular complexity index is 1510. The molecule has 3 rings (SSSR count). The van der Waals surface area contributed by atoms with Gasteiger partial charge in [-0.25, -0.2) is 8.42 Å². The maximum Gasteiger partial charge on any atom is 0.264 e. The molecule has 3 aromatic rings. The molecular weight excluding hydrogens is 613 g/mol. The molecule has 1 atom stereocenters. The highest BCUT2D eigenvalue weighted by molar-refractivity contribution is 7.92. The number of carbonyl (C=O) groups excluding carboxylic acids is 2. The number of ether oxygens (including phenoxy) is 2. The molecule has 9 nitrogen and oxygen atoms in total. The highest BCUT2D eigenvalue weighted by atomic mass is 35.5. The molecule has 0 unspecified atom stereocenters. The van der Waals surface area contributed by atoms with E-state index in [4.69, 9.17) is 32.7 Å². The second-order valence-electron chi connectivity index (χ2n) is 9.80. The number of nitrogens with one attached hydrogen (secondary N) is 1. The molecule has 0 heterocycles. The van der Waals surface area contributed by atoms with Gasteiger partial charge in [0.05, 0.1) is 24.8 Å². The minimum atomic E-state index is -4.26. The number of benzene rings is 3. The number of hydrogen-bond donors (Lipinski definition) is 1. The summed E-state index contributed by atoms with van der Waals surface area (Å²) in [6.07, 6.45) is 0.971. The molecule has 0 aliphatic heterocycles. The molecule has 0 aromatic heterocycles. The van der Waals surface area contributed by atoms with Gasteiger partial charge in [0.25, 0.3) is 10.0 Å². The fourth-order valence-electron chi connectivity index (χ4n) is 4.49. The van der Waals surface area contributed by atoms with Crippen LogP contribution in [0, 0.1) is 6.92 Å². The van der Waals surface area contributed by atoms with Crippen LogP contribution in [0.1, 0.15) is 37.8 Å². The third kappa shape index (κ3) is 8.13. The van der Waals surface area contributed by atoms with Crippen molar-refractivity contribution in [2.45, 2.75) is 51.1 Å². The summed E-state index contributed by atoms with van der Waals surface area (Å²) in [6, 6.07) is 14.9. The first kappa shape index (κ1) is 34.0. The number of anilines is 1. The lowest BCUT2D eigenvalue weighted by molar-refractivity contribution is -0.140. The lowest BCUT2D eigenvalue weighted by atomic mass is 10.1. The predicted octanol–water partition coefficient (Wildman–Crippen LogP) is 5.85. The van der Waals surface area contributed by atoms with E-state index < -0.39 is 28.5 Å². The van der Waals surface area contributed by atoms with Gasteiger partial charge in [0.2, 0.25) is 11.8 Å². The number of carbonyl (C=O) groups is 2. The van der Waals surface area contributed by atoms with Crippen LogP contribution >= 0.6 is 23.2 Å². The van der Waals surface area contributed by atoms with Gasteiger partial charge >= 0.3 is 0 Å². The van der Waals surface area contributed by atoms with Crippen LogP contribution in [0.15, 0.2) is 65.6 Å². The summed E-state index contributed by atoms with van der Waals surface area (Å²) in [5, 5.41) is 3.48. The molecule has 0 aliphatic rings. The van der Waals surface area contributed by atoms with Crippen molar-refractivity contribution in [1.82, 2.24) is 10.2 Å². The summed E-state index contributed by atoms with van der Waals surface area (Å²) in [6.45, 7) is 5.23. The van der Waals surface area contributed by atoms with Crippen molar-refractivity contribution in [2.24, 2.45) is 0 Å². The summed E-state index contributed by atoms with van der Waals surface area (Å²) < 4.78 is 39.9. The van der Waals surface area contributed by atoms with Crippen LogP contribution in [-0.4, -0.2) is 58.5 Å². The third-order valence-electron chi connectivity index (χ3n) is 6.87. The SMILES string of the molecule is CCCNC(=O)[C@H](CC)N(Cc1c(Cl)cccc1Cl)C(=O)CN(c1ccc(OC)c(OC)c1)S(=O)(=O)c1ccc(C)cc1. The molecular formula is C31H37Cl2N3O6S. The lowest BCUT2D eigenvalue weighted by Gasteiger charge is -2.33. The molecule has 0 radical (unpaired) electrons. The number of hydrogen-bond acceptors (Lipinski definition) is 6. The highest BCUT2D eigenvalue weighted by Crippen LogP contribution is 2.34. The van der Waals surface area contributed by atoms with Crippen molar-refractivity contribution in [3.05, 3.63) is 81.8 Å². The van der Waals surface area contributed by atoms with Crippen LogP contribution in [0.3, 0.4) is 0 Å². The Balaban J connectivity index is 2.15. The highest BCUT2D eigenvalue weighted by Gasteiger charge is 2.34. The van der Waals surface area contributed by atoms with Crippen molar-refractivity contribution < 1.29 is 27.5 Å². The van der Waals surface area contributed by atoms with E-state index in [0.717, 1.165) is 9.87 Å². The topological polar surface area (TPSA) is 105 Å². The largest absolute Gasteiger partial charge is 0.493 e. The van der Waals surface area contributed by atoms with E-state index in [1.54, 1.807) is 43.3 Å². The van der Waals surface area contributed by atoms with E-state index in [1.807, 2.05) is 13.8 Å². The van der Waals surface area contributed by atoms with Gasteiger partial charge in [-0.15, -0.1) is 0 Å². The number of sulfonamides is 1. The zero-order chi connectivity index (χ0) is 31.7. The van der Waals surface area contributed by atoms with Crippen LogP contribution in [-0.2, 0) is 26.2 Å². The van der Waals surface area contributed by atoms with Gasteiger partial charge in [0.1, 0.15) is 12.6 Å². The van der Waals surface area contributed by atoms with Crippen LogP contribution in [0.25, 0.3) is 0 Å². The molecule has 0 saturated carbocycles. The number of aryl methyl sites for hydroxylation is 1. The first-order valence-corrected chi connectivity index (χ1v) is 16.0. The molecule has 2 amide bonds. The van der Waals surface area contributed by atoms with Crippen molar-refractivity contribution in [3.63, 3.8) is 0 Å². The van der Waals surface area contributed by atoms with Gasteiger partial charge in [-0.05, 0) is 56.2 Å². The summed E-state index contributed by atoms with van der Waals surface area (Å²) in [7, 11) is -1.36. The Kier molecular flexibility index (Phi) is 12.1. The fraction of sp³-hybridized carbons (Fsp3) is 0.355. The quantitative estimate of drug-likeness (QED) is 0.235. The first-order chi connectivity index (χ1) is 20.5. The van der Waals surface area contributed by atoms with Crippen LogP contribution in [0.2, 0.25) is 10.0 Å². The summed E-state index contributed by atoms with van der Waals surface area (Å²) in [5.41, 5.74) is 1.49. The average Bonchev–Trinajstić information content (AvgIpc) is 2.99. The molecule has 0 aliphatic carbocycles. The van der Waals surface area contributed by atoms with Crippen molar-refractivity contribution in [1.29, 1.82) is 0 Å². The number of nitrogens with zero attached hydrogens (tertiary/aromatic N) is 2. The molecule has 1 N–H and O–H groups in total. The van der Waals surface area contributed by atoms with E-state index in [2.05, 4.69) is 5.32 Å². The Labute approximate surface area is 263 Å². The zero-order valence-corrected chi connectivity index (χ0v) is 27.2. The van der Waals surface area contributed by atoms with Gasteiger partial charge in [-0.3, -0.25) is 13.9 Å². The van der Waals surface area contributed by atoms with E-state index in [-0.39, 0.29) is 35.2 Å². The molecule has 0 spiro atoms. The Morgan fingerprint density at radius 3 is 2.12 bits per heavy atom. The Morgan fingerprint density at radius 1 is 0.930 bits per heavy atom. The maximum atomic E-state index is 14.2. The number of methoxy groups -OCH3 is 2. The molecule has 232 valence electrons. The van der Waals surface area contributed by atoms with Crippen LogP contribution in [0.5, 0.6) is 11.5 Å². The zero-order valence-electron chi connectivity index (χ0n) is 24.9. The van der Waals surface area contributed by atoms with Crippen molar-refractivity contribution in [2.75, 3.05) is 31.6 Å². The summed E-state index contributed by atoms with van der Waals surface area (Å²) >= 11 is 12.9. The lowest BCUT2D eigenvalue weighted by Crippen LogP contribution is -2.52. The smallest absolute Gasteiger partial charge is 0.264 e. The van der Waals surface area contributed by atoms with E-state index in [0.29, 0.717) is 34.3 Å². The molecule has 43 heavy (non-hydrogen) atoms. The molecule has 3 aromatic carbocycles. The molecule has 12 heteroatoms. The monoisotopic (exact) mass is 649 g/mol. The standard InChI is InChI=1S/C31H37Cl2N3O6S/c1-6-17-34-31(38)27(7-2)35(19-24-25(32)9-8-10-26(24)33)30(37)20-36(22-13-16-28(41-4)29(18-22)42-5)43(39,40)23-14-11-21(3)12-15-23/h8-16,18,27H,6-7,17,19-20H2,1-5H3,(H,34,38)/t27-/m0/s1. The minimum absolute atomic E-state index is 0.00545. The van der Waals surface area contributed by atoms with Crippen molar-refractivity contribution >= 4 is 50.7 Å². The van der Waals surface area contributed by atoms with Gasteiger partial charge in [0.15, 0.2) is 11.5 Å². The predicted molar refractivity (Wildman–Crippen MR) is 170 cm³/mol. The number of rotatable bonds is 14. The number of halogens is 2. The Morgan fingerprint density at radius 2 is 1.56 bits per heavy atom. The summed E-state index contributed by atoms with van der Waals surface area (Å²) in [5.74, 6) is -0.319. The van der Waals surface area contributed by atoms with E-state index >= 15 is 0 Å². The van der Waals surface area contributed by atoms with Gasteiger partial charge in [-0.2, -0.15) is 0 Å².